The highest BCUT2D eigenvalue weighted by Gasteiger charge is 2.02. The van der Waals surface area contributed by atoms with E-state index in [1.165, 1.54) is 23.1 Å². The van der Waals surface area contributed by atoms with Gasteiger partial charge in [-0.05, 0) is 35.4 Å². The van der Waals surface area contributed by atoms with Crippen molar-refractivity contribution in [2.45, 2.75) is 46.5 Å². The average Bonchev–Trinajstić information content (AvgIpc) is 2.50. The molecule has 2 aromatic carbocycles. The van der Waals surface area contributed by atoms with Crippen LogP contribution >= 0.6 is 0 Å². The molecule has 0 nitrogen and oxygen atoms in total. The van der Waals surface area contributed by atoms with E-state index in [0.717, 1.165) is 6.42 Å². The lowest BCUT2D eigenvalue weighted by Crippen LogP contribution is -1.93. The quantitative estimate of drug-likeness (QED) is 0.645. The van der Waals surface area contributed by atoms with Crippen molar-refractivity contribution in [3.8, 4) is 0 Å². The van der Waals surface area contributed by atoms with Crippen LogP contribution in [0.4, 0.5) is 0 Å². The summed E-state index contributed by atoms with van der Waals surface area (Å²) in [5, 5.41) is 0. The molecule has 0 aliphatic carbocycles. The standard InChI is InChI=1S/C17H20.C2H6/c1-3-14(2)17-11-9-16(10-12-17)13-15-7-5-4-6-8-15;1-2/h4-12,14H,3,13H2,1-2H3;1-2H3. The van der Waals surface area contributed by atoms with Gasteiger partial charge in [0.25, 0.3) is 0 Å². The first-order chi connectivity index (χ1) is 9.29. The molecular formula is C19H26. The molecule has 0 amide bonds. The van der Waals surface area contributed by atoms with Gasteiger partial charge in [-0.2, -0.15) is 0 Å². The van der Waals surface area contributed by atoms with Gasteiger partial charge >= 0.3 is 0 Å². The van der Waals surface area contributed by atoms with Crippen LogP contribution in [0.3, 0.4) is 0 Å². The Kier molecular flexibility index (Phi) is 6.95. The van der Waals surface area contributed by atoms with Crippen LogP contribution in [0.1, 0.15) is 56.7 Å². The molecule has 0 N–H and O–H groups in total. The van der Waals surface area contributed by atoms with Crippen LogP contribution in [0.5, 0.6) is 0 Å². The zero-order valence-electron chi connectivity index (χ0n) is 12.7. The Bertz CT molecular complexity index is 439. The van der Waals surface area contributed by atoms with Crippen LogP contribution in [0.15, 0.2) is 54.6 Å². The molecule has 0 radical (unpaired) electrons. The minimum atomic E-state index is 0.667. The van der Waals surface area contributed by atoms with Gasteiger partial charge in [0.1, 0.15) is 0 Å². The van der Waals surface area contributed by atoms with Gasteiger partial charge < -0.3 is 0 Å². The summed E-state index contributed by atoms with van der Waals surface area (Å²) in [6, 6.07) is 19.7. The third kappa shape index (κ3) is 4.90. The highest BCUT2D eigenvalue weighted by molar-refractivity contribution is 5.29. The van der Waals surface area contributed by atoms with E-state index in [-0.39, 0.29) is 0 Å². The number of hydrogen-bond donors (Lipinski definition) is 0. The van der Waals surface area contributed by atoms with E-state index >= 15 is 0 Å². The SMILES string of the molecule is CC.CCC(C)c1ccc(Cc2ccccc2)cc1. The Morgan fingerprint density at radius 3 is 1.84 bits per heavy atom. The summed E-state index contributed by atoms with van der Waals surface area (Å²) in [6.45, 7) is 8.52. The maximum Gasteiger partial charge on any atom is -0.00258 e. The van der Waals surface area contributed by atoms with Gasteiger partial charge in [0.2, 0.25) is 0 Å². The van der Waals surface area contributed by atoms with Crippen LogP contribution in [0.2, 0.25) is 0 Å². The molecule has 1 atom stereocenters. The molecule has 0 aliphatic heterocycles. The van der Waals surface area contributed by atoms with E-state index in [1.807, 2.05) is 13.8 Å². The minimum Gasteiger partial charge on any atom is -0.0683 e. The van der Waals surface area contributed by atoms with Gasteiger partial charge in [-0.3, -0.25) is 0 Å². The van der Waals surface area contributed by atoms with Crippen molar-refractivity contribution < 1.29 is 0 Å². The van der Waals surface area contributed by atoms with E-state index in [4.69, 9.17) is 0 Å². The van der Waals surface area contributed by atoms with Gasteiger partial charge in [0, 0.05) is 0 Å². The van der Waals surface area contributed by atoms with Gasteiger partial charge in [-0.1, -0.05) is 82.3 Å². The smallest absolute Gasteiger partial charge is 0.00258 e. The Balaban J connectivity index is 0.000000861. The van der Waals surface area contributed by atoms with Crippen LogP contribution in [-0.2, 0) is 6.42 Å². The third-order valence-electron chi connectivity index (χ3n) is 3.41. The molecule has 0 aromatic heterocycles. The van der Waals surface area contributed by atoms with Crippen molar-refractivity contribution in [1.82, 2.24) is 0 Å². The lowest BCUT2D eigenvalue weighted by atomic mass is 9.96. The molecule has 0 heteroatoms. The summed E-state index contributed by atoms with van der Waals surface area (Å²) in [7, 11) is 0. The maximum atomic E-state index is 2.28. The molecule has 2 aromatic rings. The predicted molar refractivity (Wildman–Crippen MR) is 85.7 cm³/mol. The molecule has 2 rings (SSSR count). The Morgan fingerprint density at radius 2 is 1.32 bits per heavy atom. The number of rotatable bonds is 4. The van der Waals surface area contributed by atoms with Crippen molar-refractivity contribution in [2.24, 2.45) is 0 Å². The van der Waals surface area contributed by atoms with E-state index in [9.17, 15) is 0 Å². The number of benzene rings is 2. The monoisotopic (exact) mass is 254 g/mol. The Morgan fingerprint density at radius 1 is 0.789 bits per heavy atom. The van der Waals surface area contributed by atoms with Crippen LogP contribution in [0.25, 0.3) is 0 Å². The van der Waals surface area contributed by atoms with Crippen LogP contribution in [0, 0.1) is 0 Å². The van der Waals surface area contributed by atoms with Gasteiger partial charge in [-0.25, -0.2) is 0 Å². The van der Waals surface area contributed by atoms with E-state index < -0.39 is 0 Å². The molecule has 0 aliphatic rings. The molecule has 0 spiro atoms. The highest BCUT2D eigenvalue weighted by atomic mass is 14.1. The van der Waals surface area contributed by atoms with Gasteiger partial charge in [-0.15, -0.1) is 0 Å². The Hall–Kier alpha value is -1.56. The lowest BCUT2D eigenvalue weighted by Gasteiger charge is -2.09. The topological polar surface area (TPSA) is 0 Å². The van der Waals surface area contributed by atoms with E-state index in [1.54, 1.807) is 0 Å². The van der Waals surface area contributed by atoms with Crippen molar-refractivity contribution in [2.75, 3.05) is 0 Å². The summed E-state index contributed by atoms with van der Waals surface area (Å²) in [4.78, 5) is 0. The van der Waals surface area contributed by atoms with Crippen LogP contribution < -0.4 is 0 Å². The summed E-state index contributed by atoms with van der Waals surface area (Å²) < 4.78 is 0. The zero-order valence-corrected chi connectivity index (χ0v) is 12.7. The second-order valence-electron chi connectivity index (χ2n) is 4.71. The third-order valence-corrected chi connectivity index (χ3v) is 3.41. The van der Waals surface area contributed by atoms with Gasteiger partial charge in [0.15, 0.2) is 0 Å². The first-order valence-corrected chi connectivity index (χ1v) is 7.42. The normalized spacial score (nSPS) is 11.4. The van der Waals surface area contributed by atoms with Crippen molar-refractivity contribution in [1.29, 1.82) is 0 Å². The predicted octanol–water partition coefficient (Wildman–Crippen LogP) is 5.82. The van der Waals surface area contributed by atoms with Gasteiger partial charge in [0.05, 0.1) is 0 Å². The fourth-order valence-electron chi connectivity index (χ4n) is 2.03. The zero-order chi connectivity index (χ0) is 14.1. The fraction of sp³-hybridized carbons (Fsp3) is 0.368. The van der Waals surface area contributed by atoms with E-state index in [0.29, 0.717) is 5.92 Å². The minimum absolute atomic E-state index is 0.667. The molecule has 19 heavy (non-hydrogen) atoms. The molecule has 0 saturated heterocycles. The Labute approximate surface area is 118 Å². The molecule has 0 saturated carbocycles. The first-order valence-electron chi connectivity index (χ1n) is 7.42. The summed E-state index contributed by atoms with van der Waals surface area (Å²) in [5.74, 6) is 0.667. The van der Waals surface area contributed by atoms with Crippen molar-refractivity contribution in [3.63, 3.8) is 0 Å². The van der Waals surface area contributed by atoms with Crippen molar-refractivity contribution >= 4 is 0 Å². The largest absolute Gasteiger partial charge is 0.0683 e. The summed E-state index contributed by atoms with van der Waals surface area (Å²) in [6.07, 6.45) is 2.24. The van der Waals surface area contributed by atoms with Crippen LogP contribution in [-0.4, -0.2) is 0 Å². The second-order valence-corrected chi connectivity index (χ2v) is 4.71. The second kappa shape index (κ2) is 8.53. The van der Waals surface area contributed by atoms with E-state index in [2.05, 4.69) is 68.4 Å². The lowest BCUT2D eigenvalue weighted by molar-refractivity contribution is 0.733. The maximum absolute atomic E-state index is 2.28. The fourth-order valence-corrected chi connectivity index (χ4v) is 2.03. The van der Waals surface area contributed by atoms with Crippen molar-refractivity contribution in [3.05, 3.63) is 71.3 Å². The molecule has 1 unspecified atom stereocenters. The molecular weight excluding hydrogens is 228 g/mol. The molecule has 102 valence electrons. The number of hydrogen-bond acceptors (Lipinski definition) is 0. The summed E-state index contributed by atoms with van der Waals surface area (Å²) in [5.41, 5.74) is 4.22. The first kappa shape index (κ1) is 15.5. The molecule has 0 fully saturated rings. The average molecular weight is 254 g/mol. The molecule has 0 heterocycles. The summed E-state index contributed by atoms with van der Waals surface area (Å²) >= 11 is 0. The highest BCUT2D eigenvalue weighted by Crippen LogP contribution is 2.19. The molecule has 0 bridgehead atoms.